The molecule has 2 saturated heterocycles. The number of hydrogen-bond acceptors (Lipinski definition) is 7. The molecule has 0 amide bonds. The van der Waals surface area contributed by atoms with E-state index in [2.05, 4.69) is 23.6 Å². The van der Waals surface area contributed by atoms with Crippen molar-refractivity contribution in [3.8, 4) is 5.69 Å². The number of aromatic nitrogens is 3. The Kier molecular flexibility index (Phi) is 7.05. The first-order chi connectivity index (χ1) is 18.9. The molecule has 3 aromatic rings. The predicted octanol–water partition coefficient (Wildman–Crippen LogP) is 5.08. The van der Waals surface area contributed by atoms with Crippen molar-refractivity contribution in [1.29, 1.82) is 0 Å². The second kappa shape index (κ2) is 10.5. The largest absolute Gasteiger partial charge is 0.464 e. The summed E-state index contributed by atoms with van der Waals surface area (Å²) in [5, 5.41) is 6.04. The Balaban J connectivity index is 1.38. The summed E-state index contributed by atoms with van der Waals surface area (Å²) in [6.07, 6.45) is 6.45. The van der Waals surface area contributed by atoms with Gasteiger partial charge in [-0.1, -0.05) is 13.3 Å². The third kappa shape index (κ3) is 4.91. The molecule has 0 spiro atoms. The summed E-state index contributed by atoms with van der Waals surface area (Å²) in [5.41, 5.74) is 3.54. The number of morpholine rings is 1. The second-order valence-electron chi connectivity index (χ2n) is 11.5. The summed E-state index contributed by atoms with van der Waals surface area (Å²) in [6, 6.07) is 8.66. The summed E-state index contributed by atoms with van der Waals surface area (Å²) >= 11 is 0. The third-order valence-electron chi connectivity index (χ3n) is 9.04. The molecule has 1 aromatic carbocycles. The Labute approximate surface area is 229 Å². The number of hydrogen-bond donors (Lipinski definition) is 0. The number of benzene rings is 1. The van der Waals surface area contributed by atoms with Crippen LogP contribution in [-0.2, 0) is 9.47 Å². The molecule has 2 aromatic heterocycles. The van der Waals surface area contributed by atoms with Crippen LogP contribution in [0.1, 0.15) is 74.5 Å². The molecule has 3 fully saturated rings. The SMILES string of the molecule is CCC1(C)CN(C2CCN(c3cc(C(=O)OC)nc4c3c(C3CCC3)nn4-c3ccc(F)cc3)CC2)CCO1. The number of anilines is 1. The van der Waals surface area contributed by atoms with E-state index in [0.29, 0.717) is 17.6 Å². The molecule has 1 aliphatic carbocycles. The lowest BCUT2D eigenvalue weighted by Gasteiger charge is -2.46. The average Bonchev–Trinajstić information content (AvgIpc) is 3.30. The summed E-state index contributed by atoms with van der Waals surface area (Å²) in [7, 11) is 1.38. The molecule has 0 bridgehead atoms. The van der Waals surface area contributed by atoms with Crippen molar-refractivity contribution in [3.05, 3.63) is 47.5 Å². The van der Waals surface area contributed by atoms with Crippen molar-refractivity contribution in [2.24, 2.45) is 0 Å². The maximum Gasteiger partial charge on any atom is 0.356 e. The summed E-state index contributed by atoms with van der Waals surface area (Å²) in [6.45, 7) is 8.92. The van der Waals surface area contributed by atoms with Crippen LogP contribution in [0.15, 0.2) is 30.3 Å². The smallest absolute Gasteiger partial charge is 0.356 e. The van der Waals surface area contributed by atoms with Gasteiger partial charge >= 0.3 is 5.97 Å². The zero-order chi connectivity index (χ0) is 27.1. The molecular formula is C30H38FN5O3. The number of carbonyl (C=O) groups is 1. The standard InChI is InChI=1S/C30H38FN5O3/c1-4-30(2)19-35(16-17-39-30)22-12-14-34(15-13-22)25-18-24(29(37)38-3)32-28-26(25)27(20-6-5-7-20)33-36(28)23-10-8-21(31)9-11-23/h8-11,18,20,22H,4-7,12-17,19H2,1-3H3. The summed E-state index contributed by atoms with van der Waals surface area (Å²) < 4.78 is 26.7. The number of pyridine rings is 1. The van der Waals surface area contributed by atoms with Gasteiger partial charge in [0.2, 0.25) is 0 Å². The molecule has 8 nitrogen and oxygen atoms in total. The summed E-state index contributed by atoms with van der Waals surface area (Å²) in [5.74, 6) is -0.422. The van der Waals surface area contributed by atoms with Gasteiger partial charge in [0.05, 0.1) is 41.8 Å². The molecule has 0 radical (unpaired) electrons. The second-order valence-corrected chi connectivity index (χ2v) is 11.5. The quantitative estimate of drug-likeness (QED) is 0.408. The number of carbonyl (C=O) groups excluding carboxylic acids is 1. The minimum Gasteiger partial charge on any atom is -0.464 e. The van der Waals surface area contributed by atoms with Crippen LogP contribution >= 0.6 is 0 Å². The Morgan fingerprint density at radius 3 is 2.54 bits per heavy atom. The first kappa shape index (κ1) is 26.2. The number of halogens is 1. The van der Waals surface area contributed by atoms with Gasteiger partial charge in [-0.05, 0) is 69.4 Å². The van der Waals surface area contributed by atoms with E-state index in [4.69, 9.17) is 19.6 Å². The fourth-order valence-corrected chi connectivity index (χ4v) is 6.27. The van der Waals surface area contributed by atoms with Gasteiger partial charge in [0.15, 0.2) is 11.3 Å². The minimum absolute atomic E-state index is 0.0747. The van der Waals surface area contributed by atoms with E-state index in [-0.39, 0.29) is 17.1 Å². The highest BCUT2D eigenvalue weighted by atomic mass is 19.1. The van der Waals surface area contributed by atoms with Crippen molar-refractivity contribution in [2.45, 2.75) is 69.9 Å². The molecule has 6 rings (SSSR count). The highest BCUT2D eigenvalue weighted by Crippen LogP contribution is 2.43. The van der Waals surface area contributed by atoms with Crippen LogP contribution in [0, 0.1) is 5.82 Å². The first-order valence-electron chi connectivity index (χ1n) is 14.3. The van der Waals surface area contributed by atoms with Gasteiger partial charge in [0.25, 0.3) is 0 Å². The molecule has 3 aliphatic rings. The molecule has 4 heterocycles. The fraction of sp³-hybridized carbons (Fsp3) is 0.567. The van der Waals surface area contributed by atoms with Crippen LogP contribution < -0.4 is 4.90 Å². The van der Waals surface area contributed by atoms with Crippen LogP contribution in [0.4, 0.5) is 10.1 Å². The maximum atomic E-state index is 13.7. The number of methoxy groups -OCH3 is 1. The van der Waals surface area contributed by atoms with Crippen molar-refractivity contribution in [3.63, 3.8) is 0 Å². The molecule has 0 N–H and O–H groups in total. The van der Waals surface area contributed by atoms with Crippen LogP contribution in [0.3, 0.4) is 0 Å². The number of nitrogens with zero attached hydrogens (tertiary/aromatic N) is 5. The monoisotopic (exact) mass is 535 g/mol. The highest BCUT2D eigenvalue weighted by molar-refractivity contribution is 5.99. The zero-order valence-electron chi connectivity index (χ0n) is 23.2. The molecule has 39 heavy (non-hydrogen) atoms. The summed E-state index contributed by atoms with van der Waals surface area (Å²) in [4.78, 5) is 22.5. The van der Waals surface area contributed by atoms with Crippen molar-refractivity contribution >= 4 is 22.7 Å². The average molecular weight is 536 g/mol. The van der Waals surface area contributed by atoms with Crippen LogP contribution in [-0.4, -0.2) is 77.2 Å². The van der Waals surface area contributed by atoms with E-state index in [1.54, 1.807) is 16.8 Å². The van der Waals surface area contributed by atoms with Crippen molar-refractivity contribution in [2.75, 3.05) is 44.8 Å². The third-order valence-corrected chi connectivity index (χ3v) is 9.04. The van der Waals surface area contributed by atoms with E-state index in [1.165, 1.54) is 25.7 Å². The maximum absolute atomic E-state index is 13.7. The van der Waals surface area contributed by atoms with Gasteiger partial charge in [-0.25, -0.2) is 18.9 Å². The number of piperidine rings is 1. The van der Waals surface area contributed by atoms with E-state index in [0.717, 1.165) is 87.3 Å². The number of fused-ring (bicyclic) bond motifs is 1. The molecule has 208 valence electrons. The Morgan fingerprint density at radius 2 is 1.90 bits per heavy atom. The predicted molar refractivity (Wildman–Crippen MR) is 148 cm³/mol. The van der Waals surface area contributed by atoms with Gasteiger partial charge in [-0.2, -0.15) is 5.10 Å². The molecule has 1 saturated carbocycles. The number of esters is 1. The Morgan fingerprint density at radius 1 is 1.15 bits per heavy atom. The number of ether oxygens (including phenoxy) is 2. The van der Waals surface area contributed by atoms with Crippen LogP contribution in [0.5, 0.6) is 0 Å². The minimum atomic E-state index is -0.475. The van der Waals surface area contributed by atoms with E-state index < -0.39 is 5.97 Å². The van der Waals surface area contributed by atoms with Gasteiger partial charge in [0, 0.05) is 38.1 Å². The van der Waals surface area contributed by atoms with Gasteiger partial charge < -0.3 is 14.4 Å². The van der Waals surface area contributed by atoms with E-state index in [1.807, 2.05) is 6.07 Å². The fourth-order valence-electron chi connectivity index (χ4n) is 6.27. The molecule has 1 unspecified atom stereocenters. The molecule has 1 atom stereocenters. The lowest BCUT2D eigenvalue weighted by molar-refractivity contribution is -0.111. The van der Waals surface area contributed by atoms with Gasteiger partial charge in [-0.3, -0.25) is 4.90 Å². The van der Waals surface area contributed by atoms with E-state index in [9.17, 15) is 9.18 Å². The Bertz CT molecular complexity index is 1350. The van der Waals surface area contributed by atoms with Crippen LogP contribution in [0.2, 0.25) is 0 Å². The normalized spacial score (nSPS) is 23.2. The molecule has 2 aliphatic heterocycles. The van der Waals surface area contributed by atoms with E-state index >= 15 is 0 Å². The van der Waals surface area contributed by atoms with Gasteiger partial charge in [-0.15, -0.1) is 0 Å². The topological polar surface area (TPSA) is 72.7 Å². The number of rotatable bonds is 6. The van der Waals surface area contributed by atoms with Gasteiger partial charge in [0.1, 0.15) is 5.82 Å². The molecular weight excluding hydrogens is 497 g/mol. The first-order valence-corrected chi connectivity index (χ1v) is 14.3. The van der Waals surface area contributed by atoms with Crippen LogP contribution in [0.25, 0.3) is 16.7 Å². The Hall–Kier alpha value is -3.04. The lowest BCUT2D eigenvalue weighted by atomic mass is 9.82. The highest BCUT2D eigenvalue weighted by Gasteiger charge is 2.36. The zero-order valence-corrected chi connectivity index (χ0v) is 23.2. The molecule has 9 heteroatoms. The van der Waals surface area contributed by atoms with Crippen molar-refractivity contribution < 1.29 is 18.7 Å². The van der Waals surface area contributed by atoms with Crippen molar-refractivity contribution in [1.82, 2.24) is 19.7 Å². The lowest BCUT2D eigenvalue weighted by Crippen LogP contribution is -2.55.